The topological polar surface area (TPSA) is 26.3 Å². The van der Waals surface area contributed by atoms with Crippen molar-refractivity contribution >= 4 is 17.6 Å². The third-order valence-corrected chi connectivity index (χ3v) is 5.00. The number of hydrogen-bond acceptors (Lipinski definition) is 2. The van der Waals surface area contributed by atoms with Crippen LogP contribution in [0.5, 0.6) is 0 Å². The lowest BCUT2D eigenvalue weighted by Crippen LogP contribution is -2.14. The summed E-state index contributed by atoms with van der Waals surface area (Å²) >= 11 is 5.94. The third kappa shape index (κ3) is 6.32. The molecule has 1 aliphatic rings. The van der Waals surface area contributed by atoms with Gasteiger partial charge in [0.25, 0.3) is 0 Å². The number of esters is 1. The van der Waals surface area contributed by atoms with Gasteiger partial charge in [0.05, 0.1) is 6.61 Å². The molecule has 1 aliphatic carbocycles. The molecule has 0 radical (unpaired) electrons. The first-order valence-electron chi connectivity index (χ1n) is 9.32. The highest BCUT2D eigenvalue weighted by molar-refractivity contribution is 6.30. The molecular formula is C21H29ClO2. The van der Waals surface area contributed by atoms with E-state index in [0.717, 1.165) is 42.7 Å². The standard InChI is InChI=1S/C21H29ClO2/c1-2-3-4-5-6-7-16-24-21(23)19-10-8-17(9-11-19)18-12-14-20(22)15-13-18/h10,12-15,17H,2-9,11,16H2,1H3. The van der Waals surface area contributed by atoms with Crippen molar-refractivity contribution < 1.29 is 9.53 Å². The van der Waals surface area contributed by atoms with Crippen molar-refractivity contribution in [3.63, 3.8) is 0 Å². The number of unbranched alkanes of at least 4 members (excludes halogenated alkanes) is 5. The van der Waals surface area contributed by atoms with Crippen molar-refractivity contribution in [1.82, 2.24) is 0 Å². The molecule has 0 heterocycles. The number of carbonyl (C=O) groups is 1. The van der Waals surface area contributed by atoms with E-state index in [2.05, 4.69) is 25.1 Å². The van der Waals surface area contributed by atoms with E-state index < -0.39 is 0 Å². The Balaban J connectivity index is 1.68. The molecule has 0 saturated heterocycles. The molecule has 0 amide bonds. The molecule has 1 aromatic carbocycles. The Labute approximate surface area is 151 Å². The molecule has 0 fully saturated rings. The molecule has 0 saturated carbocycles. The lowest BCUT2D eigenvalue weighted by Gasteiger charge is -2.21. The Morgan fingerprint density at radius 2 is 1.83 bits per heavy atom. The second-order valence-corrected chi connectivity index (χ2v) is 7.09. The maximum atomic E-state index is 12.1. The Morgan fingerprint density at radius 1 is 1.12 bits per heavy atom. The number of allylic oxidation sites excluding steroid dienone is 1. The first kappa shape index (κ1) is 19.1. The largest absolute Gasteiger partial charge is 0.462 e. The number of rotatable bonds is 9. The number of halogens is 1. The van der Waals surface area contributed by atoms with Crippen LogP contribution in [-0.4, -0.2) is 12.6 Å². The summed E-state index contributed by atoms with van der Waals surface area (Å²) in [4.78, 5) is 12.1. The number of ether oxygens (including phenoxy) is 1. The molecule has 1 unspecified atom stereocenters. The second kappa shape index (κ2) is 10.6. The van der Waals surface area contributed by atoms with Crippen molar-refractivity contribution in [2.24, 2.45) is 0 Å². The van der Waals surface area contributed by atoms with E-state index in [-0.39, 0.29) is 5.97 Å². The van der Waals surface area contributed by atoms with Crippen molar-refractivity contribution in [2.75, 3.05) is 6.61 Å². The van der Waals surface area contributed by atoms with E-state index in [4.69, 9.17) is 16.3 Å². The molecule has 3 heteroatoms. The van der Waals surface area contributed by atoms with Crippen molar-refractivity contribution in [3.05, 3.63) is 46.5 Å². The van der Waals surface area contributed by atoms with Crippen molar-refractivity contribution in [1.29, 1.82) is 0 Å². The van der Waals surface area contributed by atoms with E-state index in [1.807, 2.05) is 12.1 Å². The molecule has 0 aliphatic heterocycles. The van der Waals surface area contributed by atoms with Crippen molar-refractivity contribution in [2.45, 2.75) is 70.6 Å². The highest BCUT2D eigenvalue weighted by atomic mass is 35.5. The van der Waals surface area contributed by atoms with Crippen LogP contribution in [0.1, 0.15) is 76.2 Å². The van der Waals surface area contributed by atoms with Crippen LogP contribution < -0.4 is 0 Å². The van der Waals surface area contributed by atoms with E-state index in [0.29, 0.717) is 12.5 Å². The fraction of sp³-hybridized carbons (Fsp3) is 0.571. The Kier molecular flexibility index (Phi) is 8.38. The summed E-state index contributed by atoms with van der Waals surface area (Å²) in [7, 11) is 0. The lowest BCUT2D eigenvalue weighted by molar-refractivity contribution is -0.139. The third-order valence-electron chi connectivity index (χ3n) is 4.75. The zero-order valence-corrected chi connectivity index (χ0v) is 15.5. The molecule has 2 nitrogen and oxygen atoms in total. The van der Waals surface area contributed by atoms with Gasteiger partial charge in [-0.15, -0.1) is 0 Å². The molecule has 0 bridgehead atoms. The van der Waals surface area contributed by atoms with Gasteiger partial charge in [-0.25, -0.2) is 4.79 Å². The van der Waals surface area contributed by atoms with Crippen LogP contribution in [-0.2, 0) is 9.53 Å². The van der Waals surface area contributed by atoms with Gasteiger partial charge in [-0.2, -0.15) is 0 Å². The highest BCUT2D eigenvalue weighted by Crippen LogP contribution is 2.33. The molecule has 1 aromatic rings. The summed E-state index contributed by atoms with van der Waals surface area (Å²) in [6, 6.07) is 8.04. The fourth-order valence-corrected chi connectivity index (χ4v) is 3.32. The quantitative estimate of drug-likeness (QED) is 0.379. The summed E-state index contributed by atoms with van der Waals surface area (Å²) in [5, 5.41) is 0.768. The Bertz CT molecular complexity index is 533. The summed E-state index contributed by atoms with van der Waals surface area (Å²) in [5.74, 6) is 0.371. The number of carbonyl (C=O) groups excluding carboxylic acids is 1. The monoisotopic (exact) mass is 348 g/mol. The lowest BCUT2D eigenvalue weighted by atomic mass is 9.85. The summed E-state index contributed by atoms with van der Waals surface area (Å²) < 4.78 is 5.42. The maximum Gasteiger partial charge on any atom is 0.333 e. The molecule has 1 atom stereocenters. The highest BCUT2D eigenvalue weighted by Gasteiger charge is 2.20. The van der Waals surface area contributed by atoms with Crippen molar-refractivity contribution in [3.8, 4) is 0 Å². The van der Waals surface area contributed by atoms with Gasteiger partial charge in [-0.05, 0) is 49.3 Å². The SMILES string of the molecule is CCCCCCCCOC(=O)C1=CCC(c2ccc(Cl)cc2)CC1. The minimum Gasteiger partial charge on any atom is -0.462 e. The van der Waals surface area contributed by atoms with E-state index in [1.54, 1.807) is 0 Å². The smallest absolute Gasteiger partial charge is 0.333 e. The van der Waals surface area contributed by atoms with Crippen LogP contribution in [0.3, 0.4) is 0 Å². The summed E-state index contributed by atoms with van der Waals surface area (Å²) in [5.41, 5.74) is 2.15. The van der Waals surface area contributed by atoms with Crippen LogP contribution >= 0.6 is 11.6 Å². The predicted molar refractivity (Wildman–Crippen MR) is 100 cm³/mol. The Morgan fingerprint density at radius 3 is 2.50 bits per heavy atom. The van der Waals surface area contributed by atoms with Gasteiger partial charge in [0.2, 0.25) is 0 Å². The first-order chi connectivity index (χ1) is 11.7. The first-order valence-corrected chi connectivity index (χ1v) is 9.70. The normalized spacial score (nSPS) is 17.4. The van der Waals surface area contributed by atoms with Gasteiger partial charge >= 0.3 is 5.97 Å². The molecular weight excluding hydrogens is 320 g/mol. The molecule has 0 N–H and O–H groups in total. The predicted octanol–water partition coefficient (Wildman–Crippen LogP) is 6.44. The van der Waals surface area contributed by atoms with E-state index in [1.165, 1.54) is 31.2 Å². The molecule has 0 spiro atoms. The van der Waals surface area contributed by atoms with Crippen LogP contribution in [0.15, 0.2) is 35.9 Å². The number of benzene rings is 1. The van der Waals surface area contributed by atoms with Gasteiger partial charge in [0, 0.05) is 10.6 Å². The van der Waals surface area contributed by atoms with Crippen LogP contribution in [0.25, 0.3) is 0 Å². The molecule has 0 aromatic heterocycles. The minimum absolute atomic E-state index is 0.113. The van der Waals surface area contributed by atoms with Gasteiger partial charge in [-0.3, -0.25) is 0 Å². The average Bonchev–Trinajstić information content (AvgIpc) is 2.61. The molecule has 132 valence electrons. The maximum absolute atomic E-state index is 12.1. The fourth-order valence-electron chi connectivity index (χ4n) is 3.20. The van der Waals surface area contributed by atoms with Gasteiger partial charge < -0.3 is 4.74 Å². The Hall–Kier alpha value is -1.28. The van der Waals surface area contributed by atoms with Crippen LogP contribution in [0.4, 0.5) is 0 Å². The summed E-state index contributed by atoms with van der Waals surface area (Å²) in [6.45, 7) is 2.78. The molecule has 2 rings (SSSR count). The average molecular weight is 349 g/mol. The van der Waals surface area contributed by atoms with Crippen LogP contribution in [0, 0.1) is 0 Å². The summed E-state index contributed by atoms with van der Waals surface area (Å²) in [6.07, 6.45) is 12.0. The zero-order chi connectivity index (χ0) is 17.2. The zero-order valence-electron chi connectivity index (χ0n) is 14.7. The van der Waals surface area contributed by atoms with Gasteiger partial charge in [0.15, 0.2) is 0 Å². The van der Waals surface area contributed by atoms with Gasteiger partial charge in [-0.1, -0.05) is 68.8 Å². The van der Waals surface area contributed by atoms with E-state index in [9.17, 15) is 4.79 Å². The minimum atomic E-state index is -0.113. The van der Waals surface area contributed by atoms with E-state index >= 15 is 0 Å². The number of hydrogen-bond donors (Lipinski definition) is 0. The molecule has 24 heavy (non-hydrogen) atoms. The second-order valence-electron chi connectivity index (χ2n) is 6.66. The van der Waals surface area contributed by atoms with Crippen LogP contribution in [0.2, 0.25) is 5.02 Å². The van der Waals surface area contributed by atoms with Gasteiger partial charge in [0.1, 0.15) is 0 Å².